The Morgan fingerprint density at radius 1 is 0.935 bits per heavy atom. The molecule has 31 heavy (non-hydrogen) atoms. The largest absolute Gasteiger partial charge is 0.480 e. The lowest BCUT2D eigenvalue weighted by atomic mass is 9.98. The van der Waals surface area contributed by atoms with Gasteiger partial charge in [-0.15, -0.1) is 0 Å². The van der Waals surface area contributed by atoms with Crippen LogP contribution < -0.4 is 10.6 Å². The average Bonchev–Trinajstić information content (AvgIpc) is 3.09. The molecule has 164 valence electrons. The minimum atomic E-state index is -1.09. The first kappa shape index (κ1) is 22.3. The quantitative estimate of drug-likeness (QED) is 0.570. The Kier molecular flexibility index (Phi) is 7.28. The molecule has 2 amide bonds. The van der Waals surface area contributed by atoms with Gasteiger partial charge in [-0.2, -0.15) is 0 Å². The first-order valence-corrected chi connectivity index (χ1v) is 10.6. The molecule has 0 fully saturated rings. The standard InChI is InChI=1S/C24H28N2O5/c1-3-9-21(23(28)29)25-22(27)20(4-2)26-24(30)31-14-19-17-12-7-5-10-15(17)16-11-6-8-13-18(16)19/h5-8,10-13,19-21H,3-4,9,14H2,1-2H3,(H,25,27)(H,26,30)(H,28,29)/t20-,21-/m1/s1. The minimum Gasteiger partial charge on any atom is -0.480 e. The van der Waals surface area contributed by atoms with E-state index in [0.29, 0.717) is 19.3 Å². The SMILES string of the molecule is CCC[C@@H](NC(=O)[C@@H](CC)NC(=O)OCC1c2ccccc2-c2ccccc21)C(=O)O. The van der Waals surface area contributed by atoms with Crippen molar-refractivity contribution in [1.29, 1.82) is 0 Å². The van der Waals surface area contributed by atoms with E-state index in [0.717, 1.165) is 22.3 Å². The highest BCUT2D eigenvalue weighted by molar-refractivity contribution is 5.89. The number of hydrogen-bond acceptors (Lipinski definition) is 4. The van der Waals surface area contributed by atoms with Crippen LogP contribution >= 0.6 is 0 Å². The zero-order valence-corrected chi connectivity index (χ0v) is 17.8. The number of amides is 2. The van der Waals surface area contributed by atoms with Crippen molar-refractivity contribution in [3.63, 3.8) is 0 Å². The fourth-order valence-corrected chi connectivity index (χ4v) is 3.95. The highest BCUT2D eigenvalue weighted by Gasteiger charge is 2.30. The van der Waals surface area contributed by atoms with Crippen LogP contribution in [0.5, 0.6) is 0 Å². The number of hydrogen-bond donors (Lipinski definition) is 3. The zero-order valence-electron chi connectivity index (χ0n) is 17.8. The molecule has 7 nitrogen and oxygen atoms in total. The number of alkyl carbamates (subject to hydrolysis) is 1. The number of rotatable bonds is 9. The molecule has 0 aromatic heterocycles. The van der Waals surface area contributed by atoms with Crippen molar-refractivity contribution in [3.8, 4) is 11.1 Å². The zero-order chi connectivity index (χ0) is 22.4. The Morgan fingerprint density at radius 3 is 2.03 bits per heavy atom. The Bertz CT molecular complexity index is 913. The minimum absolute atomic E-state index is 0.0759. The van der Waals surface area contributed by atoms with Crippen molar-refractivity contribution in [2.45, 2.75) is 51.1 Å². The molecule has 0 saturated carbocycles. The number of carbonyl (C=O) groups excluding carboxylic acids is 2. The third-order valence-corrected chi connectivity index (χ3v) is 5.55. The molecule has 2 atom stereocenters. The molecule has 0 unspecified atom stereocenters. The lowest BCUT2D eigenvalue weighted by Crippen LogP contribution is -2.51. The molecule has 0 aliphatic heterocycles. The van der Waals surface area contributed by atoms with Gasteiger partial charge in [-0.25, -0.2) is 9.59 Å². The Balaban J connectivity index is 1.62. The van der Waals surface area contributed by atoms with Crippen LogP contribution in [0, 0.1) is 0 Å². The van der Waals surface area contributed by atoms with Gasteiger partial charge in [0, 0.05) is 5.92 Å². The number of fused-ring (bicyclic) bond motifs is 3. The number of carbonyl (C=O) groups is 3. The molecule has 0 heterocycles. The lowest BCUT2D eigenvalue weighted by Gasteiger charge is -2.21. The molecule has 0 spiro atoms. The van der Waals surface area contributed by atoms with Gasteiger partial charge in [0.05, 0.1) is 0 Å². The number of carboxylic acids is 1. The summed E-state index contributed by atoms with van der Waals surface area (Å²) in [4.78, 5) is 36.1. The van der Waals surface area contributed by atoms with Crippen molar-refractivity contribution >= 4 is 18.0 Å². The van der Waals surface area contributed by atoms with Gasteiger partial charge in [-0.3, -0.25) is 4.79 Å². The van der Waals surface area contributed by atoms with Crippen molar-refractivity contribution in [1.82, 2.24) is 10.6 Å². The van der Waals surface area contributed by atoms with Crippen LogP contribution in [-0.4, -0.2) is 41.8 Å². The average molecular weight is 424 g/mol. The summed E-state index contributed by atoms with van der Waals surface area (Å²) in [5.41, 5.74) is 4.47. The second kappa shape index (κ2) is 10.1. The summed E-state index contributed by atoms with van der Waals surface area (Å²) in [6.07, 6.45) is 0.552. The third kappa shape index (κ3) is 5.05. The summed E-state index contributed by atoms with van der Waals surface area (Å²) in [5, 5.41) is 14.3. The lowest BCUT2D eigenvalue weighted by molar-refractivity contribution is -0.142. The van der Waals surface area contributed by atoms with E-state index in [1.807, 2.05) is 43.3 Å². The van der Waals surface area contributed by atoms with Crippen LogP contribution in [0.1, 0.15) is 50.2 Å². The van der Waals surface area contributed by atoms with Gasteiger partial charge >= 0.3 is 12.1 Å². The van der Waals surface area contributed by atoms with Crippen LogP contribution in [0.25, 0.3) is 11.1 Å². The van der Waals surface area contributed by atoms with Crippen LogP contribution in [0.3, 0.4) is 0 Å². The van der Waals surface area contributed by atoms with Gasteiger partial charge in [0.25, 0.3) is 0 Å². The van der Waals surface area contributed by atoms with Gasteiger partial charge in [0.2, 0.25) is 5.91 Å². The van der Waals surface area contributed by atoms with E-state index >= 15 is 0 Å². The number of carboxylic acid groups (broad SMARTS) is 1. The van der Waals surface area contributed by atoms with Crippen LogP contribution in [0.4, 0.5) is 4.79 Å². The van der Waals surface area contributed by atoms with E-state index in [4.69, 9.17) is 4.74 Å². The molecule has 0 saturated heterocycles. The molecule has 3 N–H and O–H groups in total. The summed E-state index contributed by atoms with van der Waals surface area (Å²) in [6.45, 7) is 3.73. The molecular formula is C24H28N2O5. The van der Waals surface area contributed by atoms with E-state index in [2.05, 4.69) is 22.8 Å². The predicted molar refractivity (Wildman–Crippen MR) is 117 cm³/mol. The highest BCUT2D eigenvalue weighted by Crippen LogP contribution is 2.44. The highest BCUT2D eigenvalue weighted by atomic mass is 16.5. The number of aliphatic carboxylic acids is 1. The molecule has 2 aromatic rings. The Labute approximate surface area is 181 Å². The van der Waals surface area contributed by atoms with E-state index in [1.54, 1.807) is 6.92 Å². The van der Waals surface area contributed by atoms with Gasteiger partial charge in [-0.1, -0.05) is 68.8 Å². The maximum absolute atomic E-state index is 12.4. The molecular weight excluding hydrogens is 396 g/mol. The predicted octanol–water partition coefficient (Wildman–Crippen LogP) is 3.67. The fourth-order valence-electron chi connectivity index (χ4n) is 3.95. The summed E-state index contributed by atoms with van der Waals surface area (Å²) in [7, 11) is 0. The van der Waals surface area contributed by atoms with E-state index < -0.39 is 30.1 Å². The summed E-state index contributed by atoms with van der Waals surface area (Å²) in [6, 6.07) is 14.2. The second-order valence-corrected chi connectivity index (χ2v) is 7.62. The molecule has 0 bridgehead atoms. The molecule has 3 rings (SSSR count). The van der Waals surface area contributed by atoms with Crippen molar-refractivity contribution in [3.05, 3.63) is 59.7 Å². The number of benzene rings is 2. The maximum atomic E-state index is 12.4. The van der Waals surface area contributed by atoms with Crippen molar-refractivity contribution < 1.29 is 24.2 Å². The third-order valence-electron chi connectivity index (χ3n) is 5.55. The number of nitrogens with one attached hydrogen (secondary N) is 2. The molecule has 1 aliphatic rings. The number of ether oxygens (including phenoxy) is 1. The fraction of sp³-hybridized carbons (Fsp3) is 0.375. The van der Waals surface area contributed by atoms with Crippen molar-refractivity contribution in [2.75, 3.05) is 6.61 Å². The summed E-state index contributed by atoms with van der Waals surface area (Å²) in [5.74, 6) is -1.70. The van der Waals surface area contributed by atoms with E-state index in [-0.39, 0.29) is 12.5 Å². The normalized spacial score (nSPS) is 14.1. The van der Waals surface area contributed by atoms with Gasteiger partial charge in [0.15, 0.2) is 0 Å². The molecule has 2 aromatic carbocycles. The first-order valence-electron chi connectivity index (χ1n) is 10.6. The topological polar surface area (TPSA) is 105 Å². The Morgan fingerprint density at radius 2 is 1.52 bits per heavy atom. The summed E-state index contributed by atoms with van der Waals surface area (Å²) < 4.78 is 5.48. The van der Waals surface area contributed by atoms with Crippen LogP contribution in [0.15, 0.2) is 48.5 Å². The molecule has 7 heteroatoms. The molecule has 1 aliphatic carbocycles. The van der Waals surface area contributed by atoms with Gasteiger partial charge < -0.3 is 20.5 Å². The second-order valence-electron chi connectivity index (χ2n) is 7.62. The maximum Gasteiger partial charge on any atom is 0.407 e. The summed E-state index contributed by atoms with van der Waals surface area (Å²) >= 11 is 0. The Hall–Kier alpha value is -3.35. The van der Waals surface area contributed by atoms with Crippen molar-refractivity contribution in [2.24, 2.45) is 0 Å². The monoisotopic (exact) mass is 424 g/mol. The smallest absolute Gasteiger partial charge is 0.407 e. The molecule has 0 radical (unpaired) electrons. The van der Waals surface area contributed by atoms with E-state index in [9.17, 15) is 19.5 Å². The van der Waals surface area contributed by atoms with Crippen LogP contribution in [0.2, 0.25) is 0 Å². The first-order chi connectivity index (χ1) is 15.0. The van der Waals surface area contributed by atoms with Gasteiger partial charge in [0.1, 0.15) is 18.7 Å². The van der Waals surface area contributed by atoms with Crippen LogP contribution in [-0.2, 0) is 14.3 Å². The van der Waals surface area contributed by atoms with Gasteiger partial charge in [-0.05, 0) is 35.1 Å². The van der Waals surface area contributed by atoms with E-state index in [1.165, 1.54) is 0 Å².